The summed E-state index contributed by atoms with van der Waals surface area (Å²) in [5.74, 6) is 0. The summed E-state index contributed by atoms with van der Waals surface area (Å²) in [5, 5.41) is 0. The van der Waals surface area contributed by atoms with E-state index in [9.17, 15) is 0 Å². The van der Waals surface area contributed by atoms with Crippen molar-refractivity contribution in [1.82, 2.24) is 4.90 Å². The van der Waals surface area contributed by atoms with Crippen LogP contribution >= 0.6 is 0 Å². The molecule has 1 aliphatic heterocycles. The Hall–Kier alpha value is -1.44. The second-order valence-corrected chi connectivity index (χ2v) is 8.44. The first kappa shape index (κ1) is 22.8. The molecule has 1 atom stereocenters. The molecule has 0 spiro atoms. The molecule has 0 fully saturated rings. The minimum atomic E-state index is 0.508. The number of hydrogen-bond donors (Lipinski definition) is 0. The molecule has 2 rings (SSSR count). The Balaban J connectivity index is 1.74. The fraction of sp³-hybridized carbons (Fsp3) is 0.692. The maximum atomic E-state index is 2.59. The summed E-state index contributed by atoms with van der Waals surface area (Å²) >= 11 is 0. The van der Waals surface area contributed by atoms with E-state index in [2.05, 4.69) is 66.4 Å². The highest BCUT2D eigenvalue weighted by molar-refractivity contribution is 5.51. The topological polar surface area (TPSA) is 6.48 Å². The molecule has 1 unspecified atom stereocenters. The lowest BCUT2D eigenvalue weighted by molar-refractivity contribution is 0.273. The van der Waals surface area contributed by atoms with E-state index in [-0.39, 0.29) is 0 Å². The van der Waals surface area contributed by atoms with Crippen molar-refractivity contribution in [3.05, 3.63) is 42.7 Å². The van der Waals surface area contributed by atoms with E-state index in [1.165, 1.54) is 102 Å². The Morgan fingerprint density at radius 2 is 1.21 bits per heavy atom. The Morgan fingerprint density at radius 1 is 0.643 bits per heavy atom. The van der Waals surface area contributed by atoms with Gasteiger partial charge in [0.25, 0.3) is 0 Å². The van der Waals surface area contributed by atoms with Crippen LogP contribution in [0.15, 0.2) is 42.7 Å². The van der Waals surface area contributed by atoms with Crippen molar-refractivity contribution in [2.45, 2.75) is 110 Å². The summed E-state index contributed by atoms with van der Waals surface area (Å²) in [6.45, 7) is 5.78. The van der Waals surface area contributed by atoms with E-state index in [0.29, 0.717) is 6.17 Å². The Morgan fingerprint density at radius 3 is 1.86 bits per heavy atom. The second-order valence-electron chi connectivity index (χ2n) is 8.44. The number of benzene rings is 1. The lowest BCUT2D eigenvalue weighted by Gasteiger charge is -2.33. The largest absolute Gasteiger partial charge is 0.356 e. The fourth-order valence-electron chi connectivity index (χ4n) is 4.26. The van der Waals surface area contributed by atoms with Crippen LogP contribution in [0.25, 0.3) is 0 Å². The molecule has 158 valence electrons. The number of anilines is 1. The third-order valence-corrected chi connectivity index (χ3v) is 6.01. The molecule has 0 saturated carbocycles. The summed E-state index contributed by atoms with van der Waals surface area (Å²) in [5.41, 5.74) is 1.33. The molecule has 2 nitrogen and oxygen atoms in total. The summed E-state index contributed by atoms with van der Waals surface area (Å²) in [4.78, 5) is 5.08. The van der Waals surface area contributed by atoms with Crippen LogP contribution in [0.3, 0.4) is 0 Å². The van der Waals surface area contributed by atoms with E-state index < -0.39 is 0 Å². The van der Waals surface area contributed by atoms with Crippen LogP contribution in [-0.2, 0) is 0 Å². The zero-order valence-electron chi connectivity index (χ0n) is 18.6. The van der Waals surface area contributed by atoms with Crippen LogP contribution < -0.4 is 4.90 Å². The molecule has 1 heterocycles. The van der Waals surface area contributed by atoms with Crippen LogP contribution in [0.5, 0.6) is 0 Å². The first-order chi connectivity index (χ1) is 13.9. The van der Waals surface area contributed by atoms with E-state index in [1.807, 2.05) is 0 Å². The molecule has 0 amide bonds. The zero-order chi connectivity index (χ0) is 19.9. The van der Waals surface area contributed by atoms with Crippen molar-refractivity contribution in [1.29, 1.82) is 0 Å². The van der Waals surface area contributed by atoms with Gasteiger partial charge in [-0.05, 0) is 31.4 Å². The van der Waals surface area contributed by atoms with E-state index >= 15 is 0 Å². The van der Waals surface area contributed by atoms with Crippen molar-refractivity contribution in [2.24, 2.45) is 0 Å². The smallest absolute Gasteiger partial charge is 0.105 e. The number of unbranched alkanes of at least 4 members (excludes halogenated alkanes) is 11. The highest BCUT2D eigenvalue weighted by atomic mass is 15.4. The van der Waals surface area contributed by atoms with Gasteiger partial charge in [-0.15, -0.1) is 0 Å². The van der Waals surface area contributed by atoms with Crippen molar-refractivity contribution >= 4 is 5.69 Å². The third kappa shape index (κ3) is 8.29. The highest BCUT2D eigenvalue weighted by Crippen LogP contribution is 2.28. The number of nitrogens with zero attached hydrogens (tertiary/aromatic N) is 2. The minimum Gasteiger partial charge on any atom is -0.356 e. The molecule has 0 aromatic heterocycles. The Bertz CT molecular complexity index is 510. The van der Waals surface area contributed by atoms with Gasteiger partial charge in [-0.25, -0.2) is 0 Å². The van der Waals surface area contributed by atoms with Crippen LogP contribution in [-0.4, -0.2) is 17.6 Å². The van der Waals surface area contributed by atoms with Crippen LogP contribution in [0.2, 0.25) is 0 Å². The lowest BCUT2D eigenvalue weighted by Crippen LogP contribution is -2.39. The Labute approximate surface area is 175 Å². The third-order valence-electron chi connectivity index (χ3n) is 6.01. The Kier molecular flexibility index (Phi) is 11.9. The second kappa shape index (κ2) is 14.5. The molecule has 1 aliphatic rings. The maximum absolute atomic E-state index is 2.59. The predicted molar refractivity (Wildman–Crippen MR) is 125 cm³/mol. The number of para-hydroxylation sites is 1. The SMILES string of the molecule is CCCCCCCCCCCC1N(CCCCCC)C=CN1c1ccccc1. The van der Waals surface area contributed by atoms with Gasteiger partial charge in [-0.1, -0.05) is 103 Å². The highest BCUT2D eigenvalue weighted by Gasteiger charge is 2.26. The molecular formula is C26H44N2. The lowest BCUT2D eigenvalue weighted by atomic mass is 10.1. The van der Waals surface area contributed by atoms with Crippen LogP contribution in [0.4, 0.5) is 5.69 Å². The number of hydrogen-bond acceptors (Lipinski definition) is 2. The quantitative estimate of drug-likeness (QED) is 0.266. The van der Waals surface area contributed by atoms with Crippen LogP contribution in [0, 0.1) is 0 Å². The van der Waals surface area contributed by atoms with E-state index in [0.717, 1.165) is 0 Å². The average molecular weight is 385 g/mol. The molecular weight excluding hydrogens is 340 g/mol. The van der Waals surface area contributed by atoms with Gasteiger partial charge in [0.1, 0.15) is 6.17 Å². The van der Waals surface area contributed by atoms with Crippen molar-refractivity contribution in [2.75, 3.05) is 11.4 Å². The fourth-order valence-corrected chi connectivity index (χ4v) is 4.26. The standard InChI is InChI=1S/C26H44N2/c1-3-5-7-9-10-11-12-13-17-21-26-27(22-18-8-6-4-2)23-24-28(26)25-19-15-14-16-20-25/h14-16,19-20,23-24,26H,3-13,17-18,21-22H2,1-2H3. The van der Waals surface area contributed by atoms with E-state index in [4.69, 9.17) is 0 Å². The summed E-state index contributed by atoms with van der Waals surface area (Å²) in [6.07, 6.45) is 24.4. The molecule has 0 bridgehead atoms. The molecule has 0 radical (unpaired) electrons. The normalized spacial score (nSPS) is 16.3. The molecule has 0 aliphatic carbocycles. The first-order valence-corrected chi connectivity index (χ1v) is 12.1. The van der Waals surface area contributed by atoms with Gasteiger partial charge in [0.2, 0.25) is 0 Å². The molecule has 0 N–H and O–H groups in total. The van der Waals surface area contributed by atoms with Gasteiger partial charge >= 0.3 is 0 Å². The summed E-state index contributed by atoms with van der Waals surface area (Å²) in [6, 6.07) is 10.9. The number of rotatable bonds is 16. The molecule has 2 heteroatoms. The van der Waals surface area contributed by atoms with Gasteiger partial charge < -0.3 is 9.80 Å². The van der Waals surface area contributed by atoms with Crippen LogP contribution in [0.1, 0.15) is 104 Å². The average Bonchev–Trinajstić information content (AvgIpc) is 3.13. The van der Waals surface area contributed by atoms with Gasteiger partial charge in [0.15, 0.2) is 0 Å². The van der Waals surface area contributed by atoms with E-state index in [1.54, 1.807) is 0 Å². The maximum Gasteiger partial charge on any atom is 0.105 e. The molecule has 1 aromatic carbocycles. The predicted octanol–water partition coefficient (Wildman–Crippen LogP) is 8.11. The summed E-state index contributed by atoms with van der Waals surface area (Å²) < 4.78 is 0. The van der Waals surface area contributed by atoms with Gasteiger partial charge in [-0.3, -0.25) is 0 Å². The van der Waals surface area contributed by atoms with Crippen molar-refractivity contribution in [3.63, 3.8) is 0 Å². The van der Waals surface area contributed by atoms with Crippen molar-refractivity contribution in [3.8, 4) is 0 Å². The van der Waals surface area contributed by atoms with Gasteiger partial charge in [0.05, 0.1) is 0 Å². The zero-order valence-corrected chi connectivity index (χ0v) is 18.6. The van der Waals surface area contributed by atoms with Gasteiger partial charge in [0, 0.05) is 24.6 Å². The monoisotopic (exact) mass is 384 g/mol. The molecule has 1 aromatic rings. The summed E-state index contributed by atoms with van der Waals surface area (Å²) in [7, 11) is 0. The minimum absolute atomic E-state index is 0.508. The molecule has 0 saturated heterocycles. The van der Waals surface area contributed by atoms with Gasteiger partial charge in [-0.2, -0.15) is 0 Å². The van der Waals surface area contributed by atoms with Crippen molar-refractivity contribution < 1.29 is 0 Å². The first-order valence-electron chi connectivity index (χ1n) is 12.1. The molecule has 28 heavy (non-hydrogen) atoms.